The third-order valence-corrected chi connectivity index (χ3v) is 2.99. The monoisotopic (exact) mass is 291 g/mol. The van der Waals surface area contributed by atoms with E-state index in [1.165, 1.54) is 18.3 Å². The fourth-order valence-corrected chi connectivity index (χ4v) is 1.87. The minimum absolute atomic E-state index is 0.0118. The van der Waals surface area contributed by atoms with E-state index in [1.54, 1.807) is 12.1 Å². The number of nitrogens with zero attached hydrogens (tertiary/aromatic N) is 1. The Labute approximate surface area is 122 Å². The summed E-state index contributed by atoms with van der Waals surface area (Å²) < 4.78 is 5.34. The summed E-state index contributed by atoms with van der Waals surface area (Å²) in [6.07, 6.45) is 3.23. The van der Waals surface area contributed by atoms with Crippen LogP contribution in [0.4, 0.5) is 0 Å². The van der Waals surface area contributed by atoms with Gasteiger partial charge in [-0.05, 0) is 42.7 Å². The van der Waals surface area contributed by atoms with Crippen LogP contribution in [0.3, 0.4) is 0 Å². The fraction of sp³-hybridized carbons (Fsp3) is 0.357. The standard InChI is InChI=1S/C14H17N3O4/c18-11-5-3-10(4-6-11)8-16-17-14(20)13(19)15-9-12-2-1-7-21-12/h3-6,8,12,18H,1-2,7,9H2,(H,15,19)(H,17,20)/b16-8+/t12-/m1/s1. The summed E-state index contributed by atoms with van der Waals surface area (Å²) in [7, 11) is 0. The maximum atomic E-state index is 11.5. The summed E-state index contributed by atoms with van der Waals surface area (Å²) in [4.78, 5) is 23.0. The molecule has 21 heavy (non-hydrogen) atoms. The molecule has 1 heterocycles. The Hall–Kier alpha value is -2.41. The predicted molar refractivity (Wildman–Crippen MR) is 75.8 cm³/mol. The van der Waals surface area contributed by atoms with E-state index in [4.69, 9.17) is 9.84 Å². The number of ether oxygens (including phenoxy) is 1. The van der Waals surface area contributed by atoms with E-state index in [1.807, 2.05) is 0 Å². The van der Waals surface area contributed by atoms with Gasteiger partial charge in [-0.25, -0.2) is 5.43 Å². The number of amides is 2. The molecule has 0 radical (unpaired) electrons. The van der Waals surface area contributed by atoms with Crippen LogP contribution in [0.5, 0.6) is 5.75 Å². The Bertz CT molecular complexity index is 522. The summed E-state index contributed by atoms with van der Waals surface area (Å²) in [5, 5.41) is 15.3. The smallest absolute Gasteiger partial charge is 0.329 e. The van der Waals surface area contributed by atoms with Crippen molar-refractivity contribution < 1.29 is 19.4 Å². The van der Waals surface area contributed by atoms with E-state index in [0.717, 1.165) is 12.8 Å². The summed E-state index contributed by atoms with van der Waals surface area (Å²) >= 11 is 0. The molecule has 1 atom stereocenters. The zero-order valence-electron chi connectivity index (χ0n) is 11.4. The van der Waals surface area contributed by atoms with Crippen molar-refractivity contribution in [2.75, 3.05) is 13.2 Å². The zero-order chi connectivity index (χ0) is 15.1. The van der Waals surface area contributed by atoms with E-state index in [-0.39, 0.29) is 11.9 Å². The molecule has 1 aromatic carbocycles. The number of hydrogen-bond donors (Lipinski definition) is 3. The van der Waals surface area contributed by atoms with Gasteiger partial charge in [0.2, 0.25) is 0 Å². The van der Waals surface area contributed by atoms with Crippen LogP contribution >= 0.6 is 0 Å². The van der Waals surface area contributed by atoms with Crippen LogP contribution in [0.15, 0.2) is 29.4 Å². The first kappa shape index (κ1) is 15.0. The maximum absolute atomic E-state index is 11.5. The lowest BCUT2D eigenvalue weighted by molar-refractivity contribution is -0.139. The van der Waals surface area contributed by atoms with Crippen molar-refractivity contribution in [3.8, 4) is 5.75 Å². The predicted octanol–water partition coefficient (Wildman–Crippen LogP) is 0.138. The number of phenols is 1. The molecule has 7 heteroatoms. The SMILES string of the molecule is O=C(NC[C@H]1CCCO1)C(=O)N/N=C/c1ccc(O)cc1. The van der Waals surface area contributed by atoms with Gasteiger partial charge in [0, 0.05) is 13.2 Å². The van der Waals surface area contributed by atoms with Crippen LogP contribution < -0.4 is 10.7 Å². The molecule has 0 saturated carbocycles. The molecule has 1 fully saturated rings. The lowest BCUT2D eigenvalue weighted by Crippen LogP contribution is -2.41. The maximum Gasteiger partial charge on any atom is 0.329 e. The highest BCUT2D eigenvalue weighted by Gasteiger charge is 2.18. The number of hydrogen-bond acceptors (Lipinski definition) is 5. The lowest BCUT2D eigenvalue weighted by atomic mass is 10.2. The van der Waals surface area contributed by atoms with Crippen molar-refractivity contribution in [1.82, 2.24) is 10.7 Å². The number of aromatic hydroxyl groups is 1. The van der Waals surface area contributed by atoms with Crippen molar-refractivity contribution in [2.24, 2.45) is 5.10 Å². The first-order chi connectivity index (χ1) is 10.1. The highest BCUT2D eigenvalue weighted by Crippen LogP contribution is 2.10. The van der Waals surface area contributed by atoms with Gasteiger partial charge in [0.1, 0.15) is 5.75 Å². The van der Waals surface area contributed by atoms with E-state index in [9.17, 15) is 9.59 Å². The second-order valence-electron chi connectivity index (χ2n) is 4.64. The van der Waals surface area contributed by atoms with Crippen molar-refractivity contribution in [2.45, 2.75) is 18.9 Å². The van der Waals surface area contributed by atoms with E-state index < -0.39 is 11.8 Å². The molecule has 112 valence electrons. The zero-order valence-corrected chi connectivity index (χ0v) is 11.4. The number of rotatable bonds is 4. The number of benzene rings is 1. The van der Waals surface area contributed by atoms with Crippen LogP contribution in [-0.2, 0) is 14.3 Å². The van der Waals surface area contributed by atoms with Crippen molar-refractivity contribution in [3.63, 3.8) is 0 Å². The normalized spacial score (nSPS) is 17.8. The van der Waals surface area contributed by atoms with E-state index in [2.05, 4.69) is 15.8 Å². The minimum atomic E-state index is -0.831. The van der Waals surface area contributed by atoms with Crippen molar-refractivity contribution >= 4 is 18.0 Å². The van der Waals surface area contributed by atoms with Gasteiger partial charge in [0.05, 0.1) is 12.3 Å². The molecule has 0 spiro atoms. The Morgan fingerprint density at radius 3 is 2.76 bits per heavy atom. The van der Waals surface area contributed by atoms with Gasteiger partial charge in [-0.3, -0.25) is 9.59 Å². The molecule has 2 rings (SSSR count). The van der Waals surface area contributed by atoms with Crippen molar-refractivity contribution in [1.29, 1.82) is 0 Å². The van der Waals surface area contributed by atoms with Gasteiger partial charge in [-0.15, -0.1) is 0 Å². The molecule has 1 saturated heterocycles. The molecular formula is C14H17N3O4. The van der Waals surface area contributed by atoms with Crippen LogP contribution in [-0.4, -0.2) is 42.4 Å². The molecule has 0 bridgehead atoms. The third-order valence-electron chi connectivity index (χ3n) is 2.99. The number of phenolic OH excluding ortho intramolecular Hbond substituents is 1. The molecule has 0 unspecified atom stereocenters. The number of carbonyl (C=O) groups is 2. The molecule has 0 aliphatic carbocycles. The highest BCUT2D eigenvalue weighted by molar-refractivity contribution is 6.35. The molecule has 2 amide bonds. The fourth-order valence-electron chi connectivity index (χ4n) is 1.87. The quantitative estimate of drug-likeness (QED) is 0.417. The summed E-state index contributed by atoms with van der Waals surface area (Å²) in [5.41, 5.74) is 2.82. The lowest BCUT2D eigenvalue weighted by Gasteiger charge is -2.09. The largest absolute Gasteiger partial charge is 0.508 e. The second kappa shape index (κ2) is 7.39. The molecule has 1 aliphatic heterocycles. The Balaban J connectivity index is 1.72. The van der Waals surface area contributed by atoms with Gasteiger partial charge in [0.25, 0.3) is 0 Å². The number of nitrogens with one attached hydrogen (secondary N) is 2. The molecular weight excluding hydrogens is 274 g/mol. The van der Waals surface area contributed by atoms with Gasteiger partial charge in [0.15, 0.2) is 0 Å². The average molecular weight is 291 g/mol. The third kappa shape index (κ3) is 4.88. The van der Waals surface area contributed by atoms with Crippen LogP contribution in [0.25, 0.3) is 0 Å². The summed E-state index contributed by atoms with van der Waals surface area (Å²) in [5.74, 6) is -1.43. The van der Waals surface area contributed by atoms with E-state index >= 15 is 0 Å². The molecule has 0 aromatic heterocycles. The second-order valence-corrected chi connectivity index (χ2v) is 4.64. The highest BCUT2D eigenvalue weighted by atomic mass is 16.5. The van der Waals surface area contributed by atoms with Crippen molar-refractivity contribution in [3.05, 3.63) is 29.8 Å². The summed E-state index contributed by atoms with van der Waals surface area (Å²) in [6, 6.07) is 6.25. The van der Waals surface area contributed by atoms with Crippen LogP contribution in [0.1, 0.15) is 18.4 Å². The minimum Gasteiger partial charge on any atom is -0.508 e. The first-order valence-corrected chi connectivity index (χ1v) is 6.67. The van der Waals surface area contributed by atoms with Crippen LogP contribution in [0.2, 0.25) is 0 Å². The molecule has 1 aromatic rings. The first-order valence-electron chi connectivity index (χ1n) is 6.67. The molecule has 1 aliphatic rings. The molecule has 7 nitrogen and oxygen atoms in total. The number of hydrazone groups is 1. The molecule has 3 N–H and O–H groups in total. The average Bonchev–Trinajstić information content (AvgIpc) is 3.00. The van der Waals surface area contributed by atoms with E-state index in [0.29, 0.717) is 18.7 Å². The Morgan fingerprint density at radius 2 is 2.10 bits per heavy atom. The van der Waals surface area contributed by atoms with Gasteiger partial charge >= 0.3 is 11.8 Å². The van der Waals surface area contributed by atoms with Gasteiger partial charge in [-0.1, -0.05) is 0 Å². The topological polar surface area (TPSA) is 100 Å². The number of carbonyl (C=O) groups excluding carboxylic acids is 2. The summed E-state index contributed by atoms with van der Waals surface area (Å²) in [6.45, 7) is 1.03. The van der Waals surface area contributed by atoms with Crippen LogP contribution in [0, 0.1) is 0 Å². The van der Waals surface area contributed by atoms with Gasteiger partial charge < -0.3 is 15.2 Å². The Kier molecular flexibility index (Phi) is 5.28. The van der Waals surface area contributed by atoms with Gasteiger partial charge in [-0.2, -0.15) is 5.10 Å². The Morgan fingerprint density at radius 1 is 1.33 bits per heavy atom.